The highest BCUT2D eigenvalue weighted by atomic mass is 16.5. The van der Waals surface area contributed by atoms with Gasteiger partial charge in [-0.15, -0.1) is 0 Å². The zero-order chi connectivity index (χ0) is 20.5. The number of esters is 1. The molecule has 0 radical (unpaired) electrons. The minimum Gasteiger partial charge on any atom is -0.457 e. The number of hydrogen-bond acceptors (Lipinski definition) is 5. The molecule has 0 saturated carbocycles. The molecule has 0 unspecified atom stereocenters. The lowest BCUT2D eigenvalue weighted by atomic mass is 10.0. The SMILES string of the molecule is Cc1ccc2c(COC(=O)c3ccc(N4CCCC4=O)cc3)cc(=O)oc2c1C. The van der Waals surface area contributed by atoms with Crippen molar-refractivity contribution in [1.29, 1.82) is 0 Å². The number of carbonyl (C=O) groups is 2. The molecule has 1 saturated heterocycles. The van der Waals surface area contributed by atoms with Gasteiger partial charge in [0.15, 0.2) is 0 Å². The second-order valence-electron chi connectivity index (χ2n) is 7.25. The van der Waals surface area contributed by atoms with Crippen LogP contribution in [0, 0.1) is 13.8 Å². The third-order valence-electron chi connectivity index (χ3n) is 5.36. The number of nitrogens with zero attached hydrogens (tertiary/aromatic N) is 1. The third-order valence-corrected chi connectivity index (χ3v) is 5.36. The Kier molecular flexibility index (Phi) is 4.92. The molecule has 2 aromatic carbocycles. The van der Waals surface area contributed by atoms with Crippen LogP contribution in [0.1, 0.15) is 39.9 Å². The van der Waals surface area contributed by atoms with Crippen molar-refractivity contribution in [3.8, 4) is 0 Å². The molecule has 0 aliphatic carbocycles. The topological polar surface area (TPSA) is 76.8 Å². The van der Waals surface area contributed by atoms with Crippen molar-refractivity contribution in [2.75, 3.05) is 11.4 Å². The predicted octanol–water partition coefficient (Wildman–Crippen LogP) is 3.89. The van der Waals surface area contributed by atoms with Crippen molar-refractivity contribution in [3.63, 3.8) is 0 Å². The Morgan fingerprint density at radius 1 is 1.10 bits per heavy atom. The van der Waals surface area contributed by atoms with Crippen molar-refractivity contribution in [2.24, 2.45) is 0 Å². The van der Waals surface area contributed by atoms with Crippen LogP contribution in [0.25, 0.3) is 11.0 Å². The lowest BCUT2D eigenvalue weighted by Gasteiger charge is -2.15. The smallest absolute Gasteiger partial charge is 0.338 e. The number of hydrogen-bond donors (Lipinski definition) is 0. The molecule has 1 amide bonds. The molecule has 3 aromatic rings. The Morgan fingerprint density at radius 3 is 2.55 bits per heavy atom. The molecule has 1 aromatic heterocycles. The predicted molar refractivity (Wildman–Crippen MR) is 109 cm³/mol. The van der Waals surface area contributed by atoms with E-state index >= 15 is 0 Å². The van der Waals surface area contributed by atoms with Crippen LogP contribution in [0.2, 0.25) is 0 Å². The van der Waals surface area contributed by atoms with Gasteiger partial charge in [-0.2, -0.15) is 0 Å². The summed E-state index contributed by atoms with van der Waals surface area (Å²) in [5.74, 6) is -0.393. The fourth-order valence-electron chi connectivity index (χ4n) is 3.57. The van der Waals surface area contributed by atoms with E-state index in [-0.39, 0.29) is 12.5 Å². The van der Waals surface area contributed by atoms with Crippen LogP contribution in [-0.2, 0) is 16.1 Å². The Bertz CT molecular complexity index is 1160. The van der Waals surface area contributed by atoms with E-state index < -0.39 is 11.6 Å². The molecule has 1 fully saturated rings. The molecule has 2 heterocycles. The number of amides is 1. The number of ether oxygens (including phenoxy) is 1. The van der Waals surface area contributed by atoms with Crippen molar-refractivity contribution < 1.29 is 18.7 Å². The minimum absolute atomic E-state index is 0.0319. The van der Waals surface area contributed by atoms with Gasteiger partial charge in [0, 0.05) is 35.7 Å². The minimum atomic E-state index is -0.491. The van der Waals surface area contributed by atoms with Gasteiger partial charge in [0.1, 0.15) is 12.2 Å². The van der Waals surface area contributed by atoms with E-state index in [0.717, 1.165) is 28.6 Å². The van der Waals surface area contributed by atoms with Gasteiger partial charge in [-0.25, -0.2) is 9.59 Å². The van der Waals surface area contributed by atoms with Crippen LogP contribution in [0.5, 0.6) is 0 Å². The Morgan fingerprint density at radius 2 is 1.86 bits per heavy atom. The summed E-state index contributed by atoms with van der Waals surface area (Å²) in [6.07, 6.45) is 1.41. The van der Waals surface area contributed by atoms with Gasteiger partial charge >= 0.3 is 11.6 Å². The van der Waals surface area contributed by atoms with Crippen LogP contribution < -0.4 is 10.5 Å². The van der Waals surface area contributed by atoms with Crippen molar-refractivity contribution in [2.45, 2.75) is 33.3 Å². The van der Waals surface area contributed by atoms with E-state index in [9.17, 15) is 14.4 Å². The number of fused-ring (bicyclic) bond motifs is 1. The molecule has 148 valence electrons. The first-order chi connectivity index (χ1) is 13.9. The molecule has 4 rings (SSSR count). The van der Waals surface area contributed by atoms with Crippen LogP contribution in [-0.4, -0.2) is 18.4 Å². The summed E-state index contributed by atoms with van der Waals surface area (Å²) in [6.45, 7) is 4.50. The van der Waals surface area contributed by atoms with Gasteiger partial charge < -0.3 is 14.1 Å². The first-order valence-corrected chi connectivity index (χ1v) is 9.54. The van der Waals surface area contributed by atoms with E-state index in [0.29, 0.717) is 29.7 Å². The van der Waals surface area contributed by atoms with Gasteiger partial charge in [-0.1, -0.05) is 12.1 Å². The molecule has 1 aliphatic rings. The average molecular weight is 391 g/mol. The van der Waals surface area contributed by atoms with Gasteiger partial charge in [0.2, 0.25) is 5.91 Å². The molecule has 6 heteroatoms. The summed E-state index contributed by atoms with van der Waals surface area (Å²) in [7, 11) is 0. The lowest BCUT2D eigenvalue weighted by Crippen LogP contribution is -2.23. The average Bonchev–Trinajstić information content (AvgIpc) is 3.15. The molecular formula is C23H21NO5. The largest absolute Gasteiger partial charge is 0.457 e. The number of aryl methyl sites for hydroxylation is 2. The number of benzene rings is 2. The van der Waals surface area contributed by atoms with E-state index in [1.54, 1.807) is 29.2 Å². The standard InChI is InChI=1S/C23H21NO5/c1-14-5-10-19-17(12-21(26)29-22(19)15(14)2)13-28-23(27)16-6-8-18(9-7-16)24-11-3-4-20(24)25/h5-10,12H,3-4,11,13H2,1-2H3. The summed E-state index contributed by atoms with van der Waals surface area (Å²) in [4.78, 5) is 37.9. The maximum Gasteiger partial charge on any atom is 0.338 e. The number of anilines is 1. The molecule has 1 aliphatic heterocycles. The maximum atomic E-state index is 12.5. The monoisotopic (exact) mass is 391 g/mol. The zero-order valence-electron chi connectivity index (χ0n) is 16.4. The molecule has 0 N–H and O–H groups in total. The molecular weight excluding hydrogens is 370 g/mol. The van der Waals surface area contributed by atoms with Crippen molar-refractivity contribution in [3.05, 3.63) is 75.1 Å². The van der Waals surface area contributed by atoms with Crippen LogP contribution in [0.4, 0.5) is 5.69 Å². The van der Waals surface area contributed by atoms with E-state index in [2.05, 4.69) is 0 Å². The second-order valence-corrected chi connectivity index (χ2v) is 7.25. The molecule has 6 nitrogen and oxygen atoms in total. The highest BCUT2D eigenvalue weighted by Crippen LogP contribution is 2.25. The van der Waals surface area contributed by atoms with E-state index in [1.807, 2.05) is 26.0 Å². The number of carbonyl (C=O) groups excluding carboxylic acids is 2. The Labute approximate surface area is 167 Å². The quantitative estimate of drug-likeness (QED) is 0.498. The summed E-state index contributed by atoms with van der Waals surface area (Å²) in [6, 6.07) is 12.0. The van der Waals surface area contributed by atoms with Crippen LogP contribution in [0.15, 0.2) is 51.7 Å². The highest BCUT2D eigenvalue weighted by Gasteiger charge is 2.22. The van der Waals surface area contributed by atoms with Gasteiger partial charge in [0.25, 0.3) is 0 Å². The number of rotatable bonds is 4. The van der Waals surface area contributed by atoms with Crippen molar-refractivity contribution >= 4 is 28.5 Å². The van der Waals surface area contributed by atoms with Crippen LogP contribution >= 0.6 is 0 Å². The maximum absolute atomic E-state index is 12.5. The second kappa shape index (κ2) is 7.54. The van der Waals surface area contributed by atoms with Crippen molar-refractivity contribution in [1.82, 2.24) is 0 Å². The molecule has 0 atom stereocenters. The molecule has 0 bridgehead atoms. The van der Waals surface area contributed by atoms with E-state index in [4.69, 9.17) is 9.15 Å². The highest BCUT2D eigenvalue weighted by molar-refractivity contribution is 5.96. The normalized spacial score (nSPS) is 13.9. The Balaban J connectivity index is 1.52. The lowest BCUT2D eigenvalue weighted by molar-refractivity contribution is -0.117. The van der Waals surface area contributed by atoms with Gasteiger partial charge in [-0.05, 0) is 55.7 Å². The summed E-state index contributed by atoms with van der Waals surface area (Å²) in [5, 5.41) is 0.753. The summed E-state index contributed by atoms with van der Waals surface area (Å²) >= 11 is 0. The third kappa shape index (κ3) is 3.66. The van der Waals surface area contributed by atoms with Crippen LogP contribution in [0.3, 0.4) is 0 Å². The first-order valence-electron chi connectivity index (χ1n) is 9.54. The summed E-state index contributed by atoms with van der Waals surface area (Å²) < 4.78 is 10.8. The first kappa shape index (κ1) is 18.9. The molecule has 0 spiro atoms. The zero-order valence-corrected chi connectivity index (χ0v) is 16.4. The fourth-order valence-corrected chi connectivity index (χ4v) is 3.57. The summed E-state index contributed by atoms with van der Waals surface area (Å²) in [5.41, 5.74) is 3.72. The molecule has 29 heavy (non-hydrogen) atoms. The Hall–Kier alpha value is -3.41. The van der Waals surface area contributed by atoms with E-state index in [1.165, 1.54) is 6.07 Å². The van der Waals surface area contributed by atoms with Gasteiger partial charge in [-0.3, -0.25) is 4.79 Å². The van der Waals surface area contributed by atoms with Gasteiger partial charge in [0.05, 0.1) is 5.56 Å². The fraction of sp³-hybridized carbons (Fsp3) is 0.261.